The van der Waals surface area contributed by atoms with Crippen molar-refractivity contribution in [1.29, 1.82) is 0 Å². The fourth-order valence-corrected chi connectivity index (χ4v) is 3.44. The number of fused-ring (bicyclic) bond motifs is 1. The van der Waals surface area contributed by atoms with Crippen LogP contribution < -0.4 is 4.74 Å². The molecule has 0 saturated carbocycles. The number of ether oxygens (including phenoxy) is 1. The number of hydrogen-bond acceptors (Lipinski definition) is 2. The highest BCUT2D eigenvalue weighted by molar-refractivity contribution is 5.81. The molecule has 0 spiro atoms. The molecule has 2 aromatic carbocycles. The Kier molecular flexibility index (Phi) is 5.75. The predicted octanol–water partition coefficient (Wildman–Crippen LogP) is 4.38. The molecule has 1 aliphatic carbocycles. The van der Waals surface area contributed by atoms with Gasteiger partial charge in [-0.3, -0.25) is 4.79 Å². The van der Waals surface area contributed by atoms with Crippen molar-refractivity contribution in [2.45, 2.75) is 51.7 Å². The monoisotopic (exact) mass is 337 g/mol. The van der Waals surface area contributed by atoms with Crippen molar-refractivity contribution in [3.8, 4) is 5.75 Å². The highest BCUT2D eigenvalue weighted by Gasteiger charge is 2.23. The second-order valence-electron chi connectivity index (χ2n) is 6.83. The van der Waals surface area contributed by atoms with E-state index < -0.39 is 6.10 Å². The fraction of sp³-hybridized carbons (Fsp3) is 0.409. The average Bonchev–Trinajstić information content (AvgIpc) is 2.66. The topological polar surface area (TPSA) is 29.5 Å². The first-order chi connectivity index (χ1) is 12.2. The second-order valence-corrected chi connectivity index (χ2v) is 6.83. The molecule has 0 heterocycles. The molecular weight excluding hydrogens is 310 g/mol. The van der Waals surface area contributed by atoms with Gasteiger partial charge in [0.1, 0.15) is 5.75 Å². The van der Waals surface area contributed by atoms with E-state index in [0.717, 1.165) is 24.2 Å². The van der Waals surface area contributed by atoms with Crippen LogP contribution in [0.3, 0.4) is 0 Å². The Balaban J connectivity index is 1.66. The van der Waals surface area contributed by atoms with Gasteiger partial charge in [-0.2, -0.15) is 0 Å². The molecule has 3 heteroatoms. The lowest BCUT2D eigenvalue weighted by Gasteiger charge is -2.25. The van der Waals surface area contributed by atoms with Gasteiger partial charge in [-0.05, 0) is 60.9 Å². The Morgan fingerprint density at radius 3 is 2.52 bits per heavy atom. The Hall–Kier alpha value is -2.29. The number of carbonyl (C=O) groups is 1. The summed E-state index contributed by atoms with van der Waals surface area (Å²) in [6, 6.07) is 16.3. The molecule has 25 heavy (non-hydrogen) atoms. The van der Waals surface area contributed by atoms with Crippen LogP contribution in [0.2, 0.25) is 0 Å². The minimum atomic E-state index is -0.435. The third kappa shape index (κ3) is 4.41. The number of carbonyl (C=O) groups excluding carboxylic acids is 1. The summed E-state index contributed by atoms with van der Waals surface area (Å²) in [7, 11) is 1.84. The Morgan fingerprint density at radius 1 is 1.08 bits per heavy atom. The minimum Gasteiger partial charge on any atom is -0.481 e. The van der Waals surface area contributed by atoms with E-state index >= 15 is 0 Å². The summed E-state index contributed by atoms with van der Waals surface area (Å²) < 4.78 is 6.06. The number of nitrogens with zero attached hydrogens (tertiary/aromatic N) is 1. The summed E-state index contributed by atoms with van der Waals surface area (Å²) >= 11 is 0. The second kappa shape index (κ2) is 8.19. The molecule has 1 atom stereocenters. The molecule has 0 aliphatic heterocycles. The molecule has 0 radical (unpaired) electrons. The van der Waals surface area contributed by atoms with Crippen molar-refractivity contribution in [1.82, 2.24) is 4.90 Å². The average molecular weight is 337 g/mol. The molecule has 0 aromatic heterocycles. The van der Waals surface area contributed by atoms with Crippen LogP contribution in [0.15, 0.2) is 48.5 Å². The van der Waals surface area contributed by atoms with Crippen LogP contribution in [-0.2, 0) is 24.2 Å². The normalized spacial score (nSPS) is 14.5. The van der Waals surface area contributed by atoms with Gasteiger partial charge in [0.15, 0.2) is 6.10 Å². The summed E-state index contributed by atoms with van der Waals surface area (Å²) in [5.41, 5.74) is 3.94. The Morgan fingerprint density at radius 2 is 1.80 bits per heavy atom. The maximum atomic E-state index is 12.8. The van der Waals surface area contributed by atoms with Crippen LogP contribution in [-0.4, -0.2) is 24.0 Å². The highest BCUT2D eigenvalue weighted by atomic mass is 16.5. The van der Waals surface area contributed by atoms with E-state index in [0.29, 0.717) is 13.0 Å². The van der Waals surface area contributed by atoms with E-state index in [4.69, 9.17) is 4.74 Å². The van der Waals surface area contributed by atoms with Gasteiger partial charge in [-0.1, -0.05) is 43.3 Å². The Bertz CT molecular complexity index is 711. The number of benzene rings is 2. The molecule has 0 bridgehead atoms. The van der Waals surface area contributed by atoms with Gasteiger partial charge >= 0.3 is 0 Å². The first kappa shape index (κ1) is 17.5. The Labute approximate surface area is 150 Å². The van der Waals surface area contributed by atoms with Crippen molar-refractivity contribution in [2.75, 3.05) is 7.05 Å². The summed E-state index contributed by atoms with van der Waals surface area (Å²) in [6.07, 6.45) is 5.02. The van der Waals surface area contributed by atoms with E-state index in [1.54, 1.807) is 4.90 Å². The van der Waals surface area contributed by atoms with Crippen LogP contribution in [0.4, 0.5) is 0 Å². The number of likely N-dealkylation sites (N-methyl/N-ethyl adjacent to an activating group) is 1. The smallest absolute Gasteiger partial charge is 0.263 e. The van der Waals surface area contributed by atoms with Gasteiger partial charge in [-0.15, -0.1) is 0 Å². The molecule has 0 saturated heterocycles. The van der Waals surface area contributed by atoms with Crippen molar-refractivity contribution in [3.05, 3.63) is 65.2 Å². The van der Waals surface area contributed by atoms with Crippen molar-refractivity contribution in [2.24, 2.45) is 0 Å². The summed E-state index contributed by atoms with van der Waals surface area (Å²) in [6.45, 7) is 2.60. The molecule has 0 unspecified atom stereocenters. The zero-order valence-corrected chi connectivity index (χ0v) is 15.2. The van der Waals surface area contributed by atoms with Crippen molar-refractivity contribution in [3.63, 3.8) is 0 Å². The van der Waals surface area contributed by atoms with Crippen molar-refractivity contribution >= 4 is 5.91 Å². The van der Waals surface area contributed by atoms with Gasteiger partial charge in [0.05, 0.1) is 0 Å². The number of amides is 1. The summed E-state index contributed by atoms with van der Waals surface area (Å²) in [5.74, 6) is 0.845. The minimum absolute atomic E-state index is 0.0315. The third-order valence-electron chi connectivity index (χ3n) is 4.88. The van der Waals surface area contributed by atoms with Crippen LogP contribution in [0.25, 0.3) is 0 Å². The van der Waals surface area contributed by atoms with Crippen LogP contribution in [0, 0.1) is 0 Å². The van der Waals surface area contributed by atoms with Crippen LogP contribution >= 0.6 is 0 Å². The number of rotatable bonds is 6. The van der Waals surface area contributed by atoms with Crippen molar-refractivity contribution < 1.29 is 9.53 Å². The first-order valence-electron chi connectivity index (χ1n) is 9.24. The highest BCUT2D eigenvalue weighted by Crippen LogP contribution is 2.26. The number of aryl methyl sites for hydroxylation is 2. The third-order valence-corrected chi connectivity index (χ3v) is 4.88. The fourth-order valence-electron chi connectivity index (χ4n) is 3.44. The largest absolute Gasteiger partial charge is 0.481 e. The van der Waals surface area contributed by atoms with Gasteiger partial charge in [0, 0.05) is 13.6 Å². The molecule has 132 valence electrons. The zero-order valence-electron chi connectivity index (χ0n) is 15.2. The molecule has 3 nitrogen and oxygen atoms in total. The maximum Gasteiger partial charge on any atom is 0.263 e. The summed E-state index contributed by atoms with van der Waals surface area (Å²) in [5, 5.41) is 0. The quantitative estimate of drug-likeness (QED) is 0.783. The van der Waals surface area contributed by atoms with E-state index in [1.165, 1.54) is 24.0 Å². The molecule has 0 fully saturated rings. The molecular formula is C22H27NO2. The van der Waals surface area contributed by atoms with E-state index in [9.17, 15) is 4.79 Å². The predicted molar refractivity (Wildman–Crippen MR) is 101 cm³/mol. The maximum absolute atomic E-state index is 12.8. The molecule has 1 amide bonds. The molecule has 2 aromatic rings. The number of hydrogen-bond donors (Lipinski definition) is 0. The standard InChI is InChI=1S/C22H27NO2/c1-3-21(22(24)23(2)16-17-9-5-4-6-10-17)25-20-14-13-18-11-7-8-12-19(18)15-20/h4-6,9-10,13-15,21H,3,7-8,11-12,16H2,1-2H3/t21-/m0/s1. The van der Waals surface area contributed by atoms with E-state index in [-0.39, 0.29) is 5.91 Å². The zero-order chi connectivity index (χ0) is 17.6. The van der Waals surface area contributed by atoms with Gasteiger partial charge in [-0.25, -0.2) is 0 Å². The molecule has 0 N–H and O–H groups in total. The van der Waals surface area contributed by atoms with Crippen LogP contribution in [0.5, 0.6) is 5.75 Å². The van der Waals surface area contributed by atoms with E-state index in [1.807, 2.05) is 50.4 Å². The van der Waals surface area contributed by atoms with Crippen LogP contribution in [0.1, 0.15) is 42.9 Å². The summed E-state index contributed by atoms with van der Waals surface area (Å²) in [4.78, 5) is 14.5. The van der Waals surface area contributed by atoms with Gasteiger partial charge in [0.2, 0.25) is 0 Å². The SMILES string of the molecule is CC[C@H](Oc1ccc2c(c1)CCCC2)C(=O)N(C)Cc1ccccc1. The molecule has 1 aliphatic rings. The first-order valence-corrected chi connectivity index (χ1v) is 9.24. The van der Waals surface area contributed by atoms with Gasteiger partial charge in [0.25, 0.3) is 5.91 Å². The lowest BCUT2D eigenvalue weighted by atomic mass is 9.92. The van der Waals surface area contributed by atoms with Gasteiger partial charge < -0.3 is 9.64 Å². The van der Waals surface area contributed by atoms with E-state index in [2.05, 4.69) is 12.1 Å². The molecule has 3 rings (SSSR count). The lowest BCUT2D eigenvalue weighted by Crippen LogP contribution is -2.39. The lowest BCUT2D eigenvalue weighted by molar-refractivity contribution is -0.138.